The Labute approximate surface area is 327 Å². The first-order valence-electron chi connectivity index (χ1n) is 17.9. The number of aromatic hydroxyl groups is 3. The summed E-state index contributed by atoms with van der Waals surface area (Å²) in [5.74, 6) is -6.69. The number of hydrogen-bond acceptors (Lipinski definition) is 18. The molecule has 2 fully saturated rings. The molecular weight excluding hydrogens is 772 g/mol. The Hall–Kier alpha value is -5.26. The Morgan fingerprint density at radius 2 is 1.50 bits per heavy atom. The number of carbonyl (C=O) groups excluding carboxylic acids is 3. The Kier molecular flexibility index (Phi) is 10.7. The fraction of sp³-hybridized carbons (Fsp3) is 0.421. The lowest BCUT2D eigenvalue weighted by Crippen LogP contribution is -2.64. The topological polar surface area (TPSA) is 335 Å². The molecule has 0 unspecified atom stereocenters. The average Bonchev–Trinajstić information content (AvgIpc) is 3.17. The van der Waals surface area contributed by atoms with Crippen molar-refractivity contribution in [3.63, 3.8) is 0 Å². The number of aliphatic carboxylic acids is 1. The van der Waals surface area contributed by atoms with Crippen LogP contribution < -0.4 is 15.8 Å². The minimum absolute atomic E-state index is 0.0121. The molecule has 11 atom stereocenters. The molecule has 58 heavy (non-hydrogen) atoms. The fourth-order valence-electron chi connectivity index (χ4n) is 7.84. The Balaban J connectivity index is 1.36. The van der Waals surface area contributed by atoms with Crippen LogP contribution in [0.25, 0.3) is 11.1 Å². The Morgan fingerprint density at radius 3 is 2.17 bits per heavy atom. The van der Waals surface area contributed by atoms with Crippen LogP contribution >= 0.6 is 0 Å². The molecule has 20 nitrogen and oxygen atoms in total. The highest BCUT2D eigenvalue weighted by Crippen LogP contribution is 2.57. The summed E-state index contributed by atoms with van der Waals surface area (Å²) in [6.07, 6.45) is -16.0. The molecule has 0 saturated carbocycles. The van der Waals surface area contributed by atoms with E-state index in [-0.39, 0.29) is 33.6 Å². The van der Waals surface area contributed by atoms with Crippen molar-refractivity contribution >= 4 is 23.4 Å². The van der Waals surface area contributed by atoms with E-state index in [1.54, 1.807) is 0 Å². The van der Waals surface area contributed by atoms with Gasteiger partial charge in [-0.1, -0.05) is 6.07 Å². The number of fused-ring (bicyclic) bond motifs is 5. The number of ketones is 2. The van der Waals surface area contributed by atoms with Gasteiger partial charge in [-0.05, 0) is 42.7 Å². The average molecular weight is 813 g/mol. The molecular formula is C38H40N2O18. The molecule has 2 heterocycles. The number of carboxylic acid groups (broad SMARTS) is 1. The van der Waals surface area contributed by atoms with Gasteiger partial charge in [-0.15, -0.1) is 0 Å². The number of nitrogens with two attached hydrogens (primary N) is 1. The summed E-state index contributed by atoms with van der Waals surface area (Å²) in [5.41, 5.74) is 2.85. The maximum absolute atomic E-state index is 14.0. The van der Waals surface area contributed by atoms with E-state index >= 15 is 0 Å². The van der Waals surface area contributed by atoms with Crippen LogP contribution in [0.1, 0.15) is 78.0 Å². The van der Waals surface area contributed by atoms with Gasteiger partial charge in [0, 0.05) is 28.3 Å². The molecule has 3 aromatic carbocycles. The van der Waals surface area contributed by atoms with Crippen molar-refractivity contribution in [3.05, 3.63) is 68.8 Å². The van der Waals surface area contributed by atoms with Crippen LogP contribution in [0.5, 0.6) is 23.0 Å². The Bertz CT molecular complexity index is 2230. The molecule has 2 aliphatic heterocycles. The van der Waals surface area contributed by atoms with Gasteiger partial charge in [-0.3, -0.25) is 19.2 Å². The van der Waals surface area contributed by atoms with E-state index in [9.17, 15) is 65.1 Å². The zero-order chi connectivity index (χ0) is 42.2. The highest BCUT2D eigenvalue weighted by molar-refractivity contribution is 6.31. The van der Waals surface area contributed by atoms with Gasteiger partial charge in [0.15, 0.2) is 24.1 Å². The molecule has 20 heteroatoms. The van der Waals surface area contributed by atoms with Gasteiger partial charge in [-0.25, -0.2) is 0 Å². The minimum Gasteiger partial charge on any atom is -0.507 e. The number of ether oxygens (including phenoxy) is 5. The van der Waals surface area contributed by atoms with Crippen molar-refractivity contribution in [1.82, 2.24) is 5.32 Å². The standard InChI is InChI=1S/C38H40N2O18/c1-10-4-16-23(30(49)20(10)36(53)40-8-19(43)44)22-14(7-15-24(31(22)50)27(46)13-5-12(54-3)6-17(41)21(13)26(15)45)28(47)34(16)57-38-33(52)35(25(39)11(2)56-38)58-37-32(51)29(48)18(42)9-55-37/h4-7,11,18,25,28-29,32-35,37-38,41-42,47-52H,8-9,39H2,1-3H3,(H,40,53)(H,43,44)/t11-,18-,25-,28-,29-,32-,33-,34+,35+,37+,38-/m0/s1. The van der Waals surface area contributed by atoms with Crippen molar-refractivity contribution in [2.24, 2.45) is 5.73 Å². The number of carboxylic acids is 1. The molecule has 4 aliphatic rings. The predicted octanol–water partition coefficient (Wildman–Crippen LogP) is -1.26. The number of nitrogens with one attached hydrogen (secondary N) is 1. The lowest BCUT2D eigenvalue weighted by Gasteiger charge is -2.46. The van der Waals surface area contributed by atoms with Gasteiger partial charge in [0.05, 0.1) is 42.6 Å². The van der Waals surface area contributed by atoms with Crippen LogP contribution in [0, 0.1) is 6.92 Å². The molecule has 7 rings (SSSR count). The first-order valence-corrected chi connectivity index (χ1v) is 17.9. The molecule has 0 bridgehead atoms. The number of carbonyl (C=O) groups is 4. The molecule has 1 amide bonds. The quantitative estimate of drug-likeness (QED) is 0.0989. The van der Waals surface area contributed by atoms with Crippen LogP contribution in [0.15, 0.2) is 24.3 Å². The number of methoxy groups -OCH3 is 1. The van der Waals surface area contributed by atoms with Crippen molar-refractivity contribution in [3.8, 4) is 34.1 Å². The van der Waals surface area contributed by atoms with E-state index in [1.165, 1.54) is 33.1 Å². The number of hydrogen-bond donors (Lipinski definition) is 11. The summed E-state index contributed by atoms with van der Waals surface area (Å²) >= 11 is 0. The van der Waals surface area contributed by atoms with E-state index in [1.807, 2.05) is 0 Å². The number of phenolic OH excluding ortho intramolecular Hbond substituents is 3. The van der Waals surface area contributed by atoms with Crippen LogP contribution in [-0.2, 0) is 23.7 Å². The van der Waals surface area contributed by atoms with Gasteiger partial charge in [-0.2, -0.15) is 0 Å². The van der Waals surface area contributed by atoms with E-state index < -0.39 is 149 Å². The molecule has 12 N–H and O–H groups in total. The SMILES string of the molecule is COc1cc(O)c2c(c1)C(=O)c1c(cc3c(c1O)-c1c(cc(C)c(C(=O)NCC(=O)O)c1O)[C@@H](O[C@@H]1O[C@@H](C)[C@H](N)[C@@H](O[C@H]4OC[C@H](O)[C@H](O)[C@@H]4O)[C@@H]1O)[C@H]3O)C2=O. The van der Waals surface area contributed by atoms with Crippen LogP contribution in [0.4, 0.5) is 0 Å². The molecule has 0 spiro atoms. The molecule has 0 radical (unpaired) electrons. The van der Waals surface area contributed by atoms with Gasteiger partial charge >= 0.3 is 5.97 Å². The highest BCUT2D eigenvalue weighted by atomic mass is 16.7. The van der Waals surface area contributed by atoms with Gasteiger partial charge in [0.2, 0.25) is 0 Å². The molecule has 0 aromatic heterocycles. The van der Waals surface area contributed by atoms with Crippen molar-refractivity contribution in [1.29, 1.82) is 0 Å². The second kappa shape index (κ2) is 15.2. The highest BCUT2D eigenvalue weighted by Gasteiger charge is 2.50. The number of aliphatic hydroxyl groups is 5. The number of aliphatic hydroxyl groups excluding tert-OH is 5. The summed E-state index contributed by atoms with van der Waals surface area (Å²) < 4.78 is 28.4. The molecule has 310 valence electrons. The monoisotopic (exact) mass is 812 g/mol. The predicted molar refractivity (Wildman–Crippen MR) is 191 cm³/mol. The summed E-state index contributed by atoms with van der Waals surface area (Å²) in [7, 11) is 1.26. The number of aryl methyl sites for hydroxylation is 1. The zero-order valence-corrected chi connectivity index (χ0v) is 30.9. The summed E-state index contributed by atoms with van der Waals surface area (Å²) in [6.45, 7) is 1.59. The lowest BCUT2D eigenvalue weighted by molar-refractivity contribution is -0.337. The smallest absolute Gasteiger partial charge is 0.322 e. The normalized spacial score (nSPS) is 30.1. The summed E-state index contributed by atoms with van der Waals surface area (Å²) in [5, 5.41) is 100. The first-order chi connectivity index (χ1) is 27.4. The minimum atomic E-state index is -1.90. The second-order valence-corrected chi connectivity index (χ2v) is 14.4. The molecule has 3 aromatic rings. The molecule has 2 aliphatic carbocycles. The van der Waals surface area contributed by atoms with Crippen molar-refractivity contribution in [2.45, 2.75) is 81.3 Å². The fourth-order valence-corrected chi connectivity index (χ4v) is 7.84. The maximum Gasteiger partial charge on any atom is 0.322 e. The van der Waals surface area contributed by atoms with Crippen molar-refractivity contribution in [2.75, 3.05) is 20.3 Å². The second-order valence-electron chi connectivity index (χ2n) is 14.4. The van der Waals surface area contributed by atoms with Crippen LogP contribution in [0.3, 0.4) is 0 Å². The third-order valence-corrected chi connectivity index (χ3v) is 10.8. The largest absolute Gasteiger partial charge is 0.507 e. The number of phenols is 3. The van der Waals surface area contributed by atoms with Gasteiger partial charge in [0.1, 0.15) is 72.3 Å². The maximum atomic E-state index is 14.0. The van der Waals surface area contributed by atoms with E-state index in [4.69, 9.17) is 29.4 Å². The zero-order valence-electron chi connectivity index (χ0n) is 30.9. The van der Waals surface area contributed by atoms with Gasteiger partial charge < -0.3 is 80.7 Å². The number of benzene rings is 3. The summed E-state index contributed by atoms with van der Waals surface area (Å²) in [4.78, 5) is 52.6. The number of amides is 1. The van der Waals surface area contributed by atoms with Crippen LogP contribution in [-0.4, -0.2) is 145 Å². The van der Waals surface area contributed by atoms with E-state index in [0.29, 0.717) is 0 Å². The Morgan fingerprint density at radius 1 is 0.845 bits per heavy atom. The number of rotatable bonds is 8. The third kappa shape index (κ3) is 6.52. The first kappa shape index (κ1) is 40.9. The summed E-state index contributed by atoms with van der Waals surface area (Å²) in [6, 6.07) is 3.51. The lowest BCUT2D eigenvalue weighted by atomic mass is 9.74. The van der Waals surface area contributed by atoms with Gasteiger partial charge in [0.25, 0.3) is 5.91 Å². The van der Waals surface area contributed by atoms with Crippen molar-refractivity contribution < 1.29 is 88.8 Å². The van der Waals surface area contributed by atoms with E-state index in [2.05, 4.69) is 5.32 Å². The molecule has 2 saturated heterocycles. The van der Waals surface area contributed by atoms with Crippen LogP contribution in [0.2, 0.25) is 0 Å². The third-order valence-electron chi connectivity index (χ3n) is 10.8. The van der Waals surface area contributed by atoms with E-state index in [0.717, 1.165) is 12.1 Å².